The molecule has 19 heavy (non-hydrogen) atoms. The molecular formula is C16H16N2S. The van der Waals surface area contributed by atoms with Crippen LogP contribution in [0.5, 0.6) is 0 Å². The fraction of sp³-hybridized carbons (Fsp3) is 0.250. The van der Waals surface area contributed by atoms with Crippen LogP contribution in [0.1, 0.15) is 24.6 Å². The van der Waals surface area contributed by atoms with Crippen LogP contribution in [0.4, 0.5) is 0 Å². The van der Waals surface area contributed by atoms with Gasteiger partial charge in [-0.1, -0.05) is 24.3 Å². The molecule has 1 aliphatic heterocycles. The maximum Gasteiger partial charge on any atom is 0.0926 e. The van der Waals surface area contributed by atoms with E-state index in [-0.39, 0.29) is 6.04 Å². The first kappa shape index (κ1) is 12.4. The molecule has 0 spiro atoms. The molecule has 2 heterocycles. The summed E-state index contributed by atoms with van der Waals surface area (Å²) < 4.78 is 0. The lowest BCUT2D eigenvalue weighted by atomic mass is 10.0. The second kappa shape index (κ2) is 6.02. The van der Waals surface area contributed by atoms with Crippen LogP contribution in [0, 0.1) is 0 Å². The molecule has 0 saturated heterocycles. The Morgan fingerprint density at radius 2 is 1.84 bits per heavy atom. The maximum atomic E-state index is 4.59. The third-order valence-electron chi connectivity index (χ3n) is 3.21. The normalized spacial score (nSPS) is 22.3. The topological polar surface area (TPSA) is 25.2 Å². The zero-order valence-corrected chi connectivity index (χ0v) is 11.5. The molecule has 0 fully saturated rings. The van der Waals surface area contributed by atoms with Crippen LogP contribution in [0.15, 0.2) is 64.6 Å². The van der Waals surface area contributed by atoms with Crippen molar-refractivity contribution in [3.8, 4) is 0 Å². The number of aromatic nitrogens is 1. The van der Waals surface area contributed by atoms with E-state index in [0.717, 1.165) is 18.5 Å². The Morgan fingerprint density at radius 3 is 2.63 bits per heavy atom. The average Bonchev–Trinajstić information content (AvgIpc) is 2.49. The van der Waals surface area contributed by atoms with Crippen molar-refractivity contribution in [3.63, 3.8) is 0 Å². The van der Waals surface area contributed by atoms with Gasteiger partial charge in [-0.15, -0.1) is 11.8 Å². The molecular weight excluding hydrogens is 252 g/mol. The van der Waals surface area contributed by atoms with Gasteiger partial charge in [-0.2, -0.15) is 0 Å². The minimum absolute atomic E-state index is 0.219. The fourth-order valence-electron chi connectivity index (χ4n) is 2.27. The van der Waals surface area contributed by atoms with Crippen molar-refractivity contribution in [3.05, 3.63) is 60.4 Å². The molecule has 0 N–H and O–H groups in total. The van der Waals surface area contributed by atoms with Gasteiger partial charge < -0.3 is 0 Å². The Hall–Kier alpha value is -1.61. The van der Waals surface area contributed by atoms with Crippen molar-refractivity contribution < 1.29 is 0 Å². The first-order chi connectivity index (χ1) is 9.42. The van der Waals surface area contributed by atoms with Gasteiger partial charge in [-0.05, 0) is 37.1 Å². The molecule has 0 amide bonds. The van der Waals surface area contributed by atoms with Crippen molar-refractivity contribution in [1.29, 1.82) is 0 Å². The van der Waals surface area contributed by atoms with Gasteiger partial charge in [0.05, 0.1) is 11.7 Å². The number of aliphatic imine (C=N–C) groups is 1. The molecule has 1 aliphatic rings. The summed E-state index contributed by atoms with van der Waals surface area (Å²) in [5.41, 5.74) is 1.08. The van der Waals surface area contributed by atoms with Crippen molar-refractivity contribution in [2.75, 3.05) is 0 Å². The van der Waals surface area contributed by atoms with Crippen LogP contribution < -0.4 is 0 Å². The molecule has 2 unspecified atom stereocenters. The van der Waals surface area contributed by atoms with Crippen molar-refractivity contribution in [1.82, 2.24) is 4.98 Å². The Morgan fingerprint density at radius 1 is 1.00 bits per heavy atom. The zero-order chi connectivity index (χ0) is 12.9. The lowest BCUT2D eigenvalue weighted by Crippen LogP contribution is -2.15. The number of pyridine rings is 1. The lowest BCUT2D eigenvalue weighted by molar-refractivity contribution is 0.601. The summed E-state index contributed by atoms with van der Waals surface area (Å²) in [6, 6.07) is 16.9. The maximum absolute atomic E-state index is 4.59. The summed E-state index contributed by atoms with van der Waals surface area (Å²) in [7, 11) is 0. The highest BCUT2D eigenvalue weighted by atomic mass is 32.2. The van der Waals surface area contributed by atoms with Crippen LogP contribution in [-0.4, -0.2) is 16.4 Å². The molecule has 96 valence electrons. The number of hydrogen-bond acceptors (Lipinski definition) is 3. The molecule has 3 rings (SSSR count). The molecule has 2 aromatic rings. The fourth-order valence-corrected chi connectivity index (χ4v) is 3.43. The first-order valence-corrected chi connectivity index (χ1v) is 7.44. The first-order valence-electron chi connectivity index (χ1n) is 6.56. The molecule has 0 aliphatic carbocycles. The quantitative estimate of drug-likeness (QED) is 0.835. The Kier molecular flexibility index (Phi) is 3.94. The number of rotatable bonds is 3. The monoisotopic (exact) mass is 268 g/mol. The summed E-state index contributed by atoms with van der Waals surface area (Å²) in [5, 5.41) is 0.590. The number of hydrogen-bond donors (Lipinski definition) is 0. The van der Waals surface area contributed by atoms with Gasteiger partial charge in [0.25, 0.3) is 0 Å². The largest absolute Gasteiger partial charge is 0.288 e. The molecule has 3 heteroatoms. The van der Waals surface area contributed by atoms with E-state index in [4.69, 9.17) is 0 Å². The van der Waals surface area contributed by atoms with E-state index in [2.05, 4.69) is 52.6 Å². The van der Waals surface area contributed by atoms with Gasteiger partial charge >= 0.3 is 0 Å². The second-order valence-electron chi connectivity index (χ2n) is 4.63. The van der Waals surface area contributed by atoms with Crippen molar-refractivity contribution in [2.24, 2.45) is 4.99 Å². The van der Waals surface area contributed by atoms with Gasteiger partial charge in [0.2, 0.25) is 0 Å². The van der Waals surface area contributed by atoms with Crippen LogP contribution >= 0.6 is 11.8 Å². The lowest BCUT2D eigenvalue weighted by Gasteiger charge is -2.23. The third-order valence-corrected chi connectivity index (χ3v) is 4.48. The highest BCUT2D eigenvalue weighted by Gasteiger charge is 2.21. The number of nitrogens with zero attached hydrogens (tertiary/aromatic N) is 2. The molecule has 2 atom stereocenters. The average molecular weight is 268 g/mol. The van der Waals surface area contributed by atoms with Crippen LogP contribution in [0.2, 0.25) is 0 Å². The SMILES string of the molecule is C1=NC(c2ccccn2)CC(Sc2ccccc2)C1. The minimum atomic E-state index is 0.219. The van der Waals surface area contributed by atoms with E-state index in [9.17, 15) is 0 Å². The predicted molar refractivity (Wildman–Crippen MR) is 80.8 cm³/mol. The molecule has 0 radical (unpaired) electrons. The van der Waals surface area contributed by atoms with Gasteiger partial charge in [0.15, 0.2) is 0 Å². The second-order valence-corrected chi connectivity index (χ2v) is 6.00. The third kappa shape index (κ3) is 3.24. The summed E-state index contributed by atoms with van der Waals surface area (Å²) in [6.45, 7) is 0. The number of benzene rings is 1. The Bertz CT molecular complexity index is 539. The molecule has 1 aromatic carbocycles. The summed E-state index contributed by atoms with van der Waals surface area (Å²) in [5.74, 6) is 0. The number of thioether (sulfide) groups is 1. The molecule has 0 bridgehead atoms. The summed E-state index contributed by atoms with van der Waals surface area (Å²) in [6.07, 6.45) is 6.01. The van der Waals surface area contributed by atoms with E-state index < -0.39 is 0 Å². The van der Waals surface area contributed by atoms with E-state index in [1.165, 1.54) is 4.90 Å². The molecule has 2 nitrogen and oxygen atoms in total. The van der Waals surface area contributed by atoms with Gasteiger partial charge in [-0.25, -0.2) is 0 Å². The summed E-state index contributed by atoms with van der Waals surface area (Å²) >= 11 is 1.94. The smallest absolute Gasteiger partial charge is 0.0926 e. The molecule has 1 aromatic heterocycles. The molecule has 0 saturated carbocycles. The Balaban J connectivity index is 1.69. The van der Waals surface area contributed by atoms with E-state index in [1.807, 2.05) is 30.1 Å². The van der Waals surface area contributed by atoms with Crippen LogP contribution in [0.3, 0.4) is 0 Å². The standard InChI is InChI=1S/C16H16N2S/c1-2-6-13(7-3-1)19-14-9-11-18-16(12-14)15-8-4-5-10-17-15/h1-8,10-11,14,16H,9,12H2. The zero-order valence-electron chi connectivity index (χ0n) is 10.6. The summed E-state index contributed by atoms with van der Waals surface area (Å²) in [4.78, 5) is 10.3. The van der Waals surface area contributed by atoms with Crippen molar-refractivity contribution in [2.45, 2.75) is 29.0 Å². The van der Waals surface area contributed by atoms with Gasteiger partial charge in [0, 0.05) is 22.6 Å². The highest BCUT2D eigenvalue weighted by Crippen LogP contribution is 2.35. The van der Waals surface area contributed by atoms with Crippen molar-refractivity contribution >= 4 is 18.0 Å². The van der Waals surface area contributed by atoms with Gasteiger partial charge in [-0.3, -0.25) is 9.98 Å². The van der Waals surface area contributed by atoms with Gasteiger partial charge in [0.1, 0.15) is 0 Å². The van der Waals surface area contributed by atoms with Crippen LogP contribution in [-0.2, 0) is 0 Å². The predicted octanol–water partition coefficient (Wildman–Crippen LogP) is 4.15. The van der Waals surface area contributed by atoms with Crippen LogP contribution in [0.25, 0.3) is 0 Å². The van der Waals surface area contributed by atoms with E-state index >= 15 is 0 Å². The van der Waals surface area contributed by atoms with E-state index in [1.54, 1.807) is 0 Å². The van der Waals surface area contributed by atoms with E-state index in [0.29, 0.717) is 5.25 Å². The highest BCUT2D eigenvalue weighted by molar-refractivity contribution is 8.00. The Labute approximate surface area is 118 Å². The minimum Gasteiger partial charge on any atom is -0.288 e.